The first-order chi connectivity index (χ1) is 8.63. The zero-order chi connectivity index (χ0) is 13.1. The molecular formula is C12H17N3OS2. The summed E-state index contributed by atoms with van der Waals surface area (Å²) in [4.78, 5) is 10.9. The first kappa shape index (κ1) is 13.6. The van der Waals surface area contributed by atoms with Gasteiger partial charge in [0, 0.05) is 22.1 Å². The smallest absolute Gasteiger partial charge is 0.222 e. The molecule has 18 heavy (non-hydrogen) atoms. The molecule has 1 atom stereocenters. The Labute approximate surface area is 115 Å². The van der Waals surface area contributed by atoms with E-state index in [1.807, 2.05) is 0 Å². The van der Waals surface area contributed by atoms with Crippen LogP contribution in [-0.4, -0.2) is 26.9 Å². The van der Waals surface area contributed by atoms with Crippen LogP contribution in [0, 0.1) is 0 Å². The van der Waals surface area contributed by atoms with E-state index >= 15 is 0 Å². The molecule has 0 spiro atoms. The number of aromatic nitrogens is 2. The van der Waals surface area contributed by atoms with Gasteiger partial charge in [0.2, 0.25) is 5.95 Å². The zero-order valence-electron chi connectivity index (χ0n) is 10.5. The molecule has 2 rings (SSSR count). The van der Waals surface area contributed by atoms with Gasteiger partial charge in [0.1, 0.15) is 9.86 Å². The predicted molar refractivity (Wildman–Crippen MR) is 78.2 cm³/mol. The number of thiophene rings is 1. The molecule has 6 heteroatoms. The number of hydrogen-bond donors (Lipinski definition) is 2. The first-order valence-corrected chi connectivity index (χ1v) is 7.67. The van der Waals surface area contributed by atoms with Gasteiger partial charge in [-0.25, -0.2) is 9.97 Å². The van der Waals surface area contributed by atoms with Crippen molar-refractivity contribution in [3.05, 3.63) is 10.9 Å². The second-order valence-electron chi connectivity index (χ2n) is 4.11. The molecule has 0 radical (unpaired) electrons. The molecular weight excluding hydrogens is 266 g/mol. The summed E-state index contributed by atoms with van der Waals surface area (Å²) in [6.07, 6.45) is 1.75. The Balaban J connectivity index is 2.38. The second kappa shape index (κ2) is 5.86. The van der Waals surface area contributed by atoms with Gasteiger partial charge in [-0.3, -0.25) is 0 Å². The number of rotatable bonds is 5. The normalized spacial score (nSPS) is 13.1. The van der Waals surface area contributed by atoms with E-state index < -0.39 is 0 Å². The number of thioether (sulfide) groups is 1. The molecule has 0 aromatic carbocycles. The molecule has 0 aliphatic heterocycles. The monoisotopic (exact) mass is 283 g/mol. The fourth-order valence-corrected chi connectivity index (χ4v) is 3.73. The van der Waals surface area contributed by atoms with Gasteiger partial charge >= 0.3 is 0 Å². The number of anilines is 1. The third-order valence-corrected chi connectivity index (χ3v) is 4.97. The van der Waals surface area contributed by atoms with E-state index in [-0.39, 0.29) is 6.61 Å². The van der Waals surface area contributed by atoms with Gasteiger partial charge in [-0.15, -0.1) is 23.1 Å². The number of aryl methyl sites for hydroxylation is 1. The lowest BCUT2D eigenvalue weighted by molar-refractivity contribution is 0.289. The highest BCUT2D eigenvalue weighted by atomic mass is 32.2. The summed E-state index contributed by atoms with van der Waals surface area (Å²) in [5.41, 5.74) is 5.75. The molecule has 0 saturated carbocycles. The predicted octanol–water partition coefficient (Wildman–Crippen LogP) is 2.70. The van der Waals surface area contributed by atoms with E-state index in [4.69, 9.17) is 10.8 Å². The molecule has 2 aromatic rings. The summed E-state index contributed by atoms with van der Waals surface area (Å²) >= 11 is 3.32. The van der Waals surface area contributed by atoms with Gasteiger partial charge in [-0.05, 0) is 18.9 Å². The van der Waals surface area contributed by atoms with E-state index in [1.165, 1.54) is 4.88 Å². The van der Waals surface area contributed by atoms with E-state index in [0.717, 1.165) is 28.1 Å². The number of fused-ring (bicyclic) bond motifs is 1. The van der Waals surface area contributed by atoms with Crippen molar-refractivity contribution in [3.63, 3.8) is 0 Å². The molecule has 0 saturated heterocycles. The Morgan fingerprint density at radius 1 is 1.50 bits per heavy atom. The van der Waals surface area contributed by atoms with Crippen LogP contribution in [0.3, 0.4) is 0 Å². The molecule has 0 aliphatic rings. The van der Waals surface area contributed by atoms with Crippen LogP contribution < -0.4 is 5.73 Å². The van der Waals surface area contributed by atoms with Crippen LogP contribution >= 0.6 is 23.1 Å². The van der Waals surface area contributed by atoms with Crippen molar-refractivity contribution in [2.75, 3.05) is 12.3 Å². The lowest BCUT2D eigenvalue weighted by atomic mass is 10.3. The third kappa shape index (κ3) is 2.93. The molecule has 2 heterocycles. The highest BCUT2D eigenvalue weighted by Gasteiger charge is 2.13. The van der Waals surface area contributed by atoms with Crippen molar-refractivity contribution >= 4 is 39.3 Å². The minimum absolute atomic E-state index is 0.196. The van der Waals surface area contributed by atoms with Crippen LogP contribution in [0.4, 0.5) is 5.95 Å². The quantitative estimate of drug-likeness (QED) is 0.652. The van der Waals surface area contributed by atoms with Gasteiger partial charge in [0.25, 0.3) is 0 Å². The maximum absolute atomic E-state index is 8.96. The van der Waals surface area contributed by atoms with Crippen LogP contribution in [0.15, 0.2) is 11.1 Å². The zero-order valence-corrected chi connectivity index (χ0v) is 12.1. The number of aliphatic hydroxyl groups excluding tert-OH is 1. The summed E-state index contributed by atoms with van der Waals surface area (Å²) in [7, 11) is 0. The Hall–Kier alpha value is -0.850. The molecule has 1 unspecified atom stereocenters. The van der Waals surface area contributed by atoms with Gasteiger partial charge in [0.05, 0.1) is 0 Å². The van der Waals surface area contributed by atoms with Crippen LogP contribution in [0.25, 0.3) is 10.2 Å². The fourth-order valence-electron chi connectivity index (χ4n) is 1.66. The van der Waals surface area contributed by atoms with Crippen molar-refractivity contribution in [1.82, 2.24) is 9.97 Å². The molecule has 2 aromatic heterocycles. The lowest BCUT2D eigenvalue weighted by Gasteiger charge is -2.09. The summed E-state index contributed by atoms with van der Waals surface area (Å²) in [6, 6.07) is 2.15. The van der Waals surface area contributed by atoms with Crippen molar-refractivity contribution in [2.24, 2.45) is 0 Å². The minimum Gasteiger partial charge on any atom is -0.396 e. The van der Waals surface area contributed by atoms with Gasteiger partial charge < -0.3 is 10.8 Å². The average Bonchev–Trinajstić information content (AvgIpc) is 2.72. The fraction of sp³-hybridized carbons (Fsp3) is 0.500. The SMILES string of the molecule is CCc1cc2c(SC(C)CCO)nc(N)nc2s1. The van der Waals surface area contributed by atoms with Crippen molar-refractivity contribution in [1.29, 1.82) is 0 Å². The Morgan fingerprint density at radius 3 is 2.94 bits per heavy atom. The van der Waals surface area contributed by atoms with Crippen molar-refractivity contribution in [3.8, 4) is 0 Å². The summed E-state index contributed by atoms with van der Waals surface area (Å²) in [5.74, 6) is 0.325. The number of hydrogen-bond acceptors (Lipinski definition) is 6. The van der Waals surface area contributed by atoms with Gasteiger partial charge in [0.15, 0.2) is 0 Å². The lowest BCUT2D eigenvalue weighted by Crippen LogP contribution is -2.02. The van der Waals surface area contributed by atoms with Gasteiger partial charge in [-0.1, -0.05) is 13.8 Å². The number of nitrogen functional groups attached to an aromatic ring is 1. The van der Waals surface area contributed by atoms with E-state index in [0.29, 0.717) is 11.2 Å². The van der Waals surface area contributed by atoms with Crippen LogP contribution in [-0.2, 0) is 6.42 Å². The molecule has 0 fully saturated rings. The largest absolute Gasteiger partial charge is 0.396 e. The molecule has 4 nitrogen and oxygen atoms in total. The highest BCUT2D eigenvalue weighted by molar-refractivity contribution is 8.00. The van der Waals surface area contributed by atoms with Gasteiger partial charge in [-0.2, -0.15) is 0 Å². The van der Waals surface area contributed by atoms with Crippen LogP contribution in [0.5, 0.6) is 0 Å². The van der Waals surface area contributed by atoms with Crippen LogP contribution in [0.1, 0.15) is 25.1 Å². The molecule has 0 amide bonds. The van der Waals surface area contributed by atoms with E-state index in [9.17, 15) is 0 Å². The summed E-state index contributed by atoms with van der Waals surface area (Å²) in [6.45, 7) is 4.41. The van der Waals surface area contributed by atoms with E-state index in [2.05, 4.69) is 29.9 Å². The third-order valence-electron chi connectivity index (χ3n) is 2.62. The number of aliphatic hydroxyl groups is 1. The molecule has 98 valence electrons. The highest BCUT2D eigenvalue weighted by Crippen LogP contribution is 2.34. The maximum atomic E-state index is 8.96. The number of nitrogens with zero attached hydrogens (tertiary/aromatic N) is 2. The summed E-state index contributed by atoms with van der Waals surface area (Å²) < 4.78 is 0. The second-order valence-corrected chi connectivity index (χ2v) is 6.66. The molecule has 3 N–H and O–H groups in total. The topological polar surface area (TPSA) is 72.0 Å². The Bertz CT molecular complexity index is 541. The van der Waals surface area contributed by atoms with Crippen molar-refractivity contribution in [2.45, 2.75) is 37.0 Å². The van der Waals surface area contributed by atoms with Crippen molar-refractivity contribution < 1.29 is 5.11 Å². The summed E-state index contributed by atoms with van der Waals surface area (Å²) in [5, 5.41) is 11.3. The Morgan fingerprint density at radius 2 is 2.28 bits per heavy atom. The molecule has 0 aliphatic carbocycles. The minimum atomic E-state index is 0.196. The maximum Gasteiger partial charge on any atom is 0.222 e. The number of nitrogens with two attached hydrogens (primary N) is 1. The standard InChI is InChI=1S/C12H17N3OS2/c1-3-8-6-9-10(17-7(2)4-5-16)14-12(13)15-11(9)18-8/h6-7,16H,3-5H2,1-2H3,(H2,13,14,15). The van der Waals surface area contributed by atoms with E-state index in [1.54, 1.807) is 23.1 Å². The Kier molecular flexibility index (Phi) is 4.42. The molecule has 0 bridgehead atoms. The first-order valence-electron chi connectivity index (χ1n) is 5.97. The average molecular weight is 283 g/mol. The van der Waals surface area contributed by atoms with Crippen LogP contribution in [0.2, 0.25) is 0 Å².